The predicted molar refractivity (Wildman–Crippen MR) is 76.5 cm³/mol. The SMILES string of the molecule is CC(=Nc1ccc(C)cc1)C1=CC=CC1[Te]Cl. The van der Waals surface area contributed by atoms with Crippen molar-refractivity contribution in [2.75, 3.05) is 0 Å². The van der Waals surface area contributed by atoms with Crippen LogP contribution in [0, 0.1) is 6.92 Å². The van der Waals surface area contributed by atoms with E-state index in [4.69, 9.17) is 8.96 Å². The van der Waals surface area contributed by atoms with Crippen molar-refractivity contribution in [3.05, 3.63) is 53.6 Å². The van der Waals surface area contributed by atoms with Crippen LogP contribution in [0.1, 0.15) is 12.5 Å². The number of hydrogen-bond donors (Lipinski definition) is 0. The molecule has 17 heavy (non-hydrogen) atoms. The summed E-state index contributed by atoms with van der Waals surface area (Å²) < 4.78 is 0.441. The summed E-state index contributed by atoms with van der Waals surface area (Å²) >= 11 is -0.484. The first-order valence-electron chi connectivity index (χ1n) is 5.49. The van der Waals surface area contributed by atoms with Gasteiger partial charge in [-0.05, 0) is 0 Å². The maximum atomic E-state index is 6.05. The van der Waals surface area contributed by atoms with E-state index in [0.717, 1.165) is 11.4 Å². The molecule has 0 fully saturated rings. The Bertz CT molecular complexity index is 485. The maximum absolute atomic E-state index is 6.05. The molecule has 0 aliphatic heterocycles. The van der Waals surface area contributed by atoms with Gasteiger partial charge in [-0.25, -0.2) is 0 Å². The molecule has 0 heterocycles. The van der Waals surface area contributed by atoms with Gasteiger partial charge in [-0.1, -0.05) is 0 Å². The van der Waals surface area contributed by atoms with Gasteiger partial charge in [0.2, 0.25) is 0 Å². The molecule has 1 aliphatic carbocycles. The van der Waals surface area contributed by atoms with Crippen LogP contribution in [0.25, 0.3) is 0 Å². The van der Waals surface area contributed by atoms with Crippen molar-refractivity contribution >= 4 is 40.2 Å². The molecule has 1 unspecified atom stereocenters. The Hall–Kier alpha value is -0.550. The van der Waals surface area contributed by atoms with E-state index in [1.165, 1.54) is 11.1 Å². The Morgan fingerprint density at radius 2 is 2.00 bits per heavy atom. The average molecular weight is 359 g/mol. The molecule has 1 aromatic carbocycles. The number of hydrogen-bond acceptors (Lipinski definition) is 1. The van der Waals surface area contributed by atoms with Crippen molar-refractivity contribution in [1.29, 1.82) is 0 Å². The molecule has 0 saturated heterocycles. The van der Waals surface area contributed by atoms with Crippen LogP contribution in [0.4, 0.5) is 5.69 Å². The van der Waals surface area contributed by atoms with Gasteiger partial charge in [0.15, 0.2) is 0 Å². The van der Waals surface area contributed by atoms with Crippen LogP contribution in [0.15, 0.2) is 53.1 Å². The monoisotopic (exact) mass is 361 g/mol. The Kier molecular flexibility index (Phi) is 4.45. The van der Waals surface area contributed by atoms with E-state index in [9.17, 15) is 0 Å². The molecule has 1 aliphatic rings. The molecule has 0 aromatic heterocycles. The molecule has 88 valence electrons. The van der Waals surface area contributed by atoms with E-state index in [0.29, 0.717) is 3.97 Å². The summed E-state index contributed by atoms with van der Waals surface area (Å²) in [5, 5.41) is 0. The van der Waals surface area contributed by atoms with Crippen LogP contribution >= 0.6 is 8.96 Å². The van der Waals surface area contributed by atoms with Gasteiger partial charge in [0.05, 0.1) is 0 Å². The standard InChI is InChI=1S/C14H14ClNTe/c1-10-6-8-12(9-7-10)16-11(2)13-4-3-5-14(13)17-15/h3-9,14H,1-2H3. The van der Waals surface area contributed by atoms with Crippen LogP contribution in [-0.4, -0.2) is 25.5 Å². The molecule has 0 radical (unpaired) electrons. The summed E-state index contributed by atoms with van der Waals surface area (Å²) in [6.45, 7) is 4.14. The zero-order valence-electron chi connectivity index (χ0n) is 9.85. The minimum atomic E-state index is -0.484. The summed E-state index contributed by atoms with van der Waals surface area (Å²) in [7, 11) is 6.05. The Balaban J connectivity index is 2.20. The van der Waals surface area contributed by atoms with E-state index in [1.54, 1.807) is 0 Å². The summed E-state index contributed by atoms with van der Waals surface area (Å²) in [6.07, 6.45) is 6.39. The van der Waals surface area contributed by atoms with Crippen molar-refractivity contribution < 1.29 is 0 Å². The summed E-state index contributed by atoms with van der Waals surface area (Å²) in [5.74, 6) is 0. The van der Waals surface area contributed by atoms with E-state index < -0.39 is 19.8 Å². The van der Waals surface area contributed by atoms with Crippen molar-refractivity contribution in [2.45, 2.75) is 17.8 Å². The summed E-state index contributed by atoms with van der Waals surface area (Å²) in [5.41, 5.74) is 4.63. The quantitative estimate of drug-likeness (QED) is 0.566. The van der Waals surface area contributed by atoms with Crippen LogP contribution < -0.4 is 0 Å². The molecule has 0 spiro atoms. The average Bonchev–Trinajstić information content (AvgIpc) is 2.80. The zero-order chi connectivity index (χ0) is 12.3. The first-order chi connectivity index (χ1) is 8.20. The van der Waals surface area contributed by atoms with Crippen LogP contribution in [0.5, 0.6) is 0 Å². The first kappa shape index (κ1) is 12.9. The van der Waals surface area contributed by atoms with E-state index >= 15 is 0 Å². The van der Waals surface area contributed by atoms with E-state index in [1.807, 2.05) is 12.1 Å². The molecule has 0 N–H and O–H groups in total. The van der Waals surface area contributed by atoms with Gasteiger partial charge in [0.25, 0.3) is 0 Å². The van der Waals surface area contributed by atoms with Gasteiger partial charge < -0.3 is 0 Å². The van der Waals surface area contributed by atoms with Crippen molar-refractivity contribution in [1.82, 2.24) is 0 Å². The molecular formula is C14H14ClNTe. The topological polar surface area (TPSA) is 12.4 Å². The number of rotatable bonds is 3. The number of nitrogens with zero attached hydrogens (tertiary/aromatic N) is 1. The predicted octanol–water partition coefficient (Wildman–Crippen LogP) is 4.23. The second-order valence-corrected chi connectivity index (χ2v) is 7.20. The van der Waals surface area contributed by atoms with Crippen molar-refractivity contribution in [2.24, 2.45) is 4.99 Å². The van der Waals surface area contributed by atoms with Crippen molar-refractivity contribution in [3.8, 4) is 0 Å². The fourth-order valence-electron chi connectivity index (χ4n) is 1.74. The van der Waals surface area contributed by atoms with Gasteiger partial charge in [-0.15, -0.1) is 0 Å². The Morgan fingerprint density at radius 3 is 2.65 bits per heavy atom. The van der Waals surface area contributed by atoms with Gasteiger partial charge in [-0.2, -0.15) is 0 Å². The van der Waals surface area contributed by atoms with E-state index in [-0.39, 0.29) is 0 Å². The van der Waals surface area contributed by atoms with Gasteiger partial charge >= 0.3 is 117 Å². The Labute approximate surface area is 116 Å². The van der Waals surface area contributed by atoms with Crippen molar-refractivity contribution in [3.63, 3.8) is 0 Å². The fraction of sp³-hybridized carbons (Fsp3) is 0.214. The third-order valence-corrected chi connectivity index (χ3v) is 5.72. The number of aryl methyl sites for hydroxylation is 1. The fourth-order valence-corrected chi connectivity index (χ4v) is 4.20. The molecule has 2 rings (SSSR count). The first-order valence-corrected chi connectivity index (χ1v) is 9.78. The van der Waals surface area contributed by atoms with E-state index in [2.05, 4.69) is 49.2 Å². The molecule has 0 saturated carbocycles. The minimum absolute atomic E-state index is 0.441. The molecule has 1 atom stereocenters. The number of aliphatic imine (C=N–C) groups is 1. The molecule has 3 heteroatoms. The zero-order valence-corrected chi connectivity index (χ0v) is 12.9. The molecular weight excluding hydrogens is 345 g/mol. The molecule has 1 aromatic rings. The second-order valence-electron chi connectivity index (χ2n) is 4.05. The summed E-state index contributed by atoms with van der Waals surface area (Å²) in [4.78, 5) is 4.65. The summed E-state index contributed by atoms with van der Waals surface area (Å²) in [6, 6.07) is 8.27. The van der Waals surface area contributed by atoms with Gasteiger partial charge in [0.1, 0.15) is 0 Å². The molecule has 1 nitrogen and oxygen atoms in total. The molecule has 0 bridgehead atoms. The van der Waals surface area contributed by atoms with Gasteiger partial charge in [0, 0.05) is 0 Å². The van der Waals surface area contributed by atoms with Crippen LogP contribution in [0.3, 0.4) is 0 Å². The third kappa shape index (κ3) is 3.22. The second kappa shape index (κ2) is 5.87. The van der Waals surface area contributed by atoms with Gasteiger partial charge in [-0.3, -0.25) is 0 Å². The Morgan fingerprint density at radius 1 is 1.29 bits per heavy atom. The number of allylic oxidation sites excluding steroid dienone is 4. The number of benzene rings is 1. The molecule has 0 amide bonds. The normalized spacial score (nSPS) is 19.6. The van der Waals surface area contributed by atoms with Crippen LogP contribution in [-0.2, 0) is 0 Å². The third-order valence-electron chi connectivity index (χ3n) is 2.71. The number of halogens is 1. The van der Waals surface area contributed by atoms with Crippen LogP contribution in [0.2, 0.25) is 3.97 Å².